The van der Waals surface area contributed by atoms with Crippen molar-refractivity contribution in [3.05, 3.63) is 0 Å². The van der Waals surface area contributed by atoms with Gasteiger partial charge in [0.15, 0.2) is 5.79 Å². The largest absolute Gasteiger partial charge is 0.347 e. The van der Waals surface area contributed by atoms with Crippen LogP contribution in [0.25, 0.3) is 0 Å². The Bertz CT molecular complexity index is 238. The fourth-order valence-electron chi connectivity index (χ4n) is 3.38. The second kappa shape index (κ2) is 6.55. The highest BCUT2D eigenvalue weighted by molar-refractivity contribution is 4.77. The molecular formula is C16H31NO2. The lowest BCUT2D eigenvalue weighted by molar-refractivity contribution is -0.265. The molecule has 2 rings (SSSR count). The standard InChI is InChI=1S/C16H31NO2/c1-12-4-8-14(9-5-12)18-16(2,3)19-15-10-6-13(17)7-11-15/h12-15H,4-11,17H2,1-3H3. The van der Waals surface area contributed by atoms with Crippen molar-refractivity contribution in [1.29, 1.82) is 0 Å². The second-order valence-electron chi connectivity index (χ2n) is 7.05. The van der Waals surface area contributed by atoms with Crippen LogP contribution in [0, 0.1) is 5.92 Å². The van der Waals surface area contributed by atoms with Gasteiger partial charge in [-0.2, -0.15) is 0 Å². The predicted octanol–water partition coefficient (Wildman–Crippen LogP) is 3.60. The molecule has 0 aliphatic heterocycles. The van der Waals surface area contributed by atoms with Gasteiger partial charge in [0.05, 0.1) is 12.2 Å². The van der Waals surface area contributed by atoms with Crippen molar-refractivity contribution in [3.8, 4) is 0 Å². The maximum atomic E-state index is 6.20. The molecule has 2 fully saturated rings. The van der Waals surface area contributed by atoms with Crippen LogP contribution < -0.4 is 5.73 Å². The molecule has 2 N–H and O–H groups in total. The van der Waals surface area contributed by atoms with Gasteiger partial charge in [0, 0.05) is 6.04 Å². The molecule has 0 bridgehead atoms. The van der Waals surface area contributed by atoms with Gasteiger partial charge < -0.3 is 15.2 Å². The van der Waals surface area contributed by atoms with E-state index < -0.39 is 5.79 Å². The molecule has 0 aromatic rings. The fraction of sp³-hybridized carbons (Fsp3) is 1.00. The van der Waals surface area contributed by atoms with E-state index in [0.29, 0.717) is 18.2 Å². The molecule has 0 aromatic heterocycles. The molecule has 0 amide bonds. The number of rotatable bonds is 4. The van der Waals surface area contributed by atoms with E-state index in [-0.39, 0.29) is 0 Å². The summed E-state index contributed by atoms with van der Waals surface area (Å²) >= 11 is 0. The van der Waals surface area contributed by atoms with Gasteiger partial charge in [-0.1, -0.05) is 6.92 Å². The van der Waals surface area contributed by atoms with Gasteiger partial charge in [0.25, 0.3) is 0 Å². The Labute approximate surface area is 118 Å². The Balaban J connectivity index is 1.74. The average Bonchev–Trinajstić information content (AvgIpc) is 2.34. The SMILES string of the molecule is CC1CCC(OC(C)(C)OC2CCC(N)CC2)CC1. The monoisotopic (exact) mass is 269 g/mol. The summed E-state index contributed by atoms with van der Waals surface area (Å²) in [4.78, 5) is 0. The van der Waals surface area contributed by atoms with Crippen molar-refractivity contribution in [2.45, 2.75) is 96.2 Å². The van der Waals surface area contributed by atoms with Gasteiger partial charge in [-0.15, -0.1) is 0 Å². The van der Waals surface area contributed by atoms with Crippen LogP contribution in [0.4, 0.5) is 0 Å². The van der Waals surface area contributed by atoms with Crippen LogP contribution in [-0.2, 0) is 9.47 Å². The summed E-state index contributed by atoms with van der Waals surface area (Å²) in [5.74, 6) is 0.417. The van der Waals surface area contributed by atoms with Crippen molar-refractivity contribution in [3.63, 3.8) is 0 Å². The fourth-order valence-corrected chi connectivity index (χ4v) is 3.38. The molecule has 2 saturated carbocycles. The van der Waals surface area contributed by atoms with E-state index in [2.05, 4.69) is 20.8 Å². The summed E-state index contributed by atoms with van der Waals surface area (Å²) in [7, 11) is 0. The number of hydrogen-bond donors (Lipinski definition) is 1. The first-order valence-corrected chi connectivity index (χ1v) is 8.06. The van der Waals surface area contributed by atoms with Crippen molar-refractivity contribution >= 4 is 0 Å². The molecule has 112 valence electrons. The van der Waals surface area contributed by atoms with E-state index in [9.17, 15) is 0 Å². The van der Waals surface area contributed by atoms with E-state index in [0.717, 1.165) is 31.6 Å². The predicted molar refractivity (Wildman–Crippen MR) is 77.9 cm³/mol. The van der Waals surface area contributed by atoms with Crippen LogP contribution in [-0.4, -0.2) is 24.0 Å². The minimum Gasteiger partial charge on any atom is -0.347 e. The third-order valence-corrected chi connectivity index (χ3v) is 4.58. The highest BCUT2D eigenvalue weighted by atomic mass is 16.7. The van der Waals surface area contributed by atoms with Gasteiger partial charge in [0.1, 0.15) is 0 Å². The van der Waals surface area contributed by atoms with Crippen LogP contribution in [0.1, 0.15) is 72.1 Å². The molecular weight excluding hydrogens is 238 g/mol. The lowest BCUT2D eigenvalue weighted by Gasteiger charge is -2.38. The van der Waals surface area contributed by atoms with Gasteiger partial charge in [-0.3, -0.25) is 0 Å². The highest BCUT2D eigenvalue weighted by Gasteiger charge is 2.31. The summed E-state index contributed by atoms with van der Waals surface area (Å²) < 4.78 is 12.4. The Morgan fingerprint density at radius 1 is 0.789 bits per heavy atom. The highest BCUT2D eigenvalue weighted by Crippen LogP contribution is 2.31. The molecule has 0 heterocycles. The van der Waals surface area contributed by atoms with E-state index in [1.165, 1.54) is 25.7 Å². The molecule has 0 spiro atoms. The van der Waals surface area contributed by atoms with E-state index in [4.69, 9.17) is 15.2 Å². The molecule has 2 aliphatic rings. The van der Waals surface area contributed by atoms with Gasteiger partial charge in [-0.05, 0) is 71.1 Å². The molecule has 0 aromatic carbocycles. The average molecular weight is 269 g/mol. The topological polar surface area (TPSA) is 44.5 Å². The van der Waals surface area contributed by atoms with Crippen molar-refractivity contribution in [2.24, 2.45) is 11.7 Å². The van der Waals surface area contributed by atoms with Crippen LogP contribution in [0.3, 0.4) is 0 Å². The van der Waals surface area contributed by atoms with E-state index >= 15 is 0 Å². The number of hydrogen-bond acceptors (Lipinski definition) is 3. The normalized spacial score (nSPS) is 37.3. The summed E-state index contributed by atoms with van der Waals surface area (Å²) in [5.41, 5.74) is 5.94. The van der Waals surface area contributed by atoms with Crippen LogP contribution in [0.15, 0.2) is 0 Å². The molecule has 0 unspecified atom stereocenters. The smallest absolute Gasteiger partial charge is 0.163 e. The van der Waals surface area contributed by atoms with Crippen LogP contribution in [0.2, 0.25) is 0 Å². The zero-order valence-corrected chi connectivity index (χ0v) is 12.9. The molecule has 3 nitrogen and oxygen atoms in total. The zero-order valence-electron chi connectivity index (χ0n) is 12.9. The maximum Gasteiger partial charge on any atom is 0.163 e. The van der Waals surface area contributed by atoms with Crippen molar-refractivity contribution < 1.29 is 9.47 Å². The summed E-state index contributed by atoms with van der Waals surface area (Å²) in [6.07, 6.45) is 9.99. The van der Waals surface area contributed by atoms with Crippen molar-refractivity contribution in [2.75, 3.05) is 0 Å². The number of ether oxygens (including phenoxy) is 2. The Hall–Kier alpha value is -0.120. The minimum atomic E-state index is -0.447. The van der Waals surface area contributed by atoms with E-state index in [1.807, 2.05) is 0 Å². The molecule has 3 heteroatoms. The summed E-state index contributed by atoms with van der Waals surface area (Å²) in [6, 6.07) is 0.378. The van der Waals surface area contributed by atoms with Crippen LogP contribution >= 0.6 is 0 Å². The van der Waals surface area contributed by atoms with E-state index in [1.54, 1.807) is 0 Å². The minimum absolute atomic E-state index is 0.331. The number of nitrogens with two attached hydrogens (primary N) is 1. The summed E-state index contributed by atoms with van der Waals surface area (Å²) in [6.45, 7) is 6.47. The molecule has 2 aliphatic carbocycles. The molecule has 0 atom stereocenters. The van der Waals surface area contributed by atoms with Gasteiger partial charge >= 0.3 is 0 Å². The van der Waals surface area contributed by atoms with Gasteiger partial charge in [0.2, 0.25) is 0 Å². The maximum absolute atomic E-state index is 6.20. The molecule has 19 heavy (non-hydrogen) atoms. The first kappa shape index (κ1) is 15.3. The second-order valence-corrected chi connectivity index (χ2v) is 7.05. The quantitative estimate of drug-likeness (QED) is 0.793. The Kier molecular flexibility index (Phi) is 5.27. The first-order valence-electron chi connectivity index (χ1n) is 8.06. The third kappa shape index (κ3) is 5.05. The lowest BCUT2D eigenvalue weighted by atomic mass is 9.89. The van der Waals surface area contributed by atoms with Crippen molar-refractivity contribution in [1.82, 2.24) is 0 Å². The van der Waals surface area contributed by atoms with Gasteiger partial charge in [-0.25, -0.2) is 0 Å². The first-order chi connectivity index (χ1) is 8.94. The van der Waals surface area contributed by atoms with Crippen LogP contribution in [0.5, 0.6) is 0 Å². The molecule has 0 saturated heterocycles. The zero-order chi connectivity index (χ0) is 13.9. The Morgan fingerprint density at radius 2 is 1.21 bits per heavy atom. The Morgan fingerprint density at radius 3 is 1.68 bits per heavy atom. The third-order valence-electron chi connectivity index (χ3n) is 4.58. The summed E-state index contributed by atoms with van der Waals surface area (Å²) in [5, 5.41) is 0. The molecule has 0 radical (unpaired) electrons. The lowest BCUT2D eigenvalue weighted by Crippen LogP contribution is -2.40.